The fourth-order valence-corrected chi connectivity index (χ4v) is 1.81. The Kier molecular flexibility index (Phi) is 6.87. The smallest absolute Gasteiger partial charge is 0.407 e. The van der Waals surface area contributed by atoms with E-state index >= 15 is 0 Å². The fourth-order valence-electron chi connectivity index (χ4n) is 1.61. The van der Waals surface area contributed by atoms with E-state index in [-0.39, 0.29) is 18.9 Å². The number of ether oxygens (including phenoxy) is 1. The molecule has 1 rings (SSSR count). The number of amides is 2. The minimum absolute atomic E-state index is 0.0679. The van der Waals surface area contributed by atoms with E-state index in [0.717, 1.165) is 5.56 Å². The van der Waals surface area contributed by atoms with Crippen molar-refractivity contribution in [3.63, 3.8) is 0 Å². The normalized spacial score (nSPS) is 9.95. The zero-order valence-corrected chi connectivity index (χ0v) is 12.4. The van der Waals surface area contributed by atoms with Gasteiger partial charge in [0.2, 0.25) is 5.91 Å². The molecule has 0 radical (unpaired) electrons. The summed E-state index contributed by atoms with van der Waals surface area (Å²) in [5.74, 6) is -0.0679. The van der Waals surface area contributed by atoms with Gasteiger partial charge in [0.15, 0.2) is 0 Å². The lowest BCUT2D eigenvalue weighted by molar-refractivity contribution is -0.130. The van der Waals surface area contributed by atoms with Crippen molar-refractivity contribution in [1.29, 1.82) is 0 Å². The lowest BCUT2D eigenvalue weighted by atomic mass is 10.2. The van der Waals surface area contributed by atoms with Gasteiger partial charge >= 0.3 is 6.09 Å². The summed E-state index contributed by atoms with van der Waals surface area (Å²) in [6.45, 7) is 2.73. The minimum Gasteiger partial charge on any atom is -0.450 e. The topological polar surface area (TPSA) is 58.6 Å². The summed E-state index contributed by atoms with van der Waals surface area (Å²) >= 11 is 6.04. The van der Waals surface area contributed by atoms with Crippen molar-refractivity contribution in [2.45, 2.75) is 19.9 Å². The predicted molar refractivity (Wildman–Crippen MR) is 77.6 cm³/mol. The third-order valence-corrected chi connectivity index (χ3v) is 3.04. The van der Waals surface area contributed by atoms with Crippen molar-refractivity contribution in [2.24, 2.45) is 0 Å². The highest BCUT2D eigenvalue weighted by molar-refractivity contribution is 6.31. The summed E-state index contributed by atoms with van der Waals surface area (Å²) in [6.07, 6.45) is -0.284. The van der Waals surface area contributed by atoms with Crippen molar-refractivity contribution in [3.8, 4) is 0 Å². The molecule has 0 aromatic heterocycles. The van der Waals surface area contributed by atoms with E-state index in [1.165, 1.54) is 0 Å². The Morgan fingerprint density at radius 1 is 1.35 bits per heavy atom. The maximum Gasteiger partial charge on any atom is 0.407 e. The summed E-state index contributed by atoms with van der Waals surface area (Å²) in [5, 5.41) is 3.15. The largest absolute Gasteiger partial charge is 0.450 e. The predicted octanol–water partition coefficient (Wildman–Crippen LogP) is 2.43. The number of nitrogens with one attached hydrogen (secondary N) is 1. The molecule has 0 saturated heterocycles. The molecule has 5 nitrogen and oxygen atoms in total. The summed E-state index contributed by atoms with van der Waals surface area (Å²) in [4.78, 5) is 24.5. The molecular formula is C14H19ClN2O3. The Balaban J connectivity index is 2.36. The average molecular weight is 299 g/mol. The Morgan fingerprint density at radius 3 is 2.70 bits per heavy atom. The maximum atomic E-state index is 11.9. The van der Waals surface area contributed by atoms with Crippen LogP contribution in [-0.2, 0) is 16.1 Å². The van der Waals surface area contributed by atoms with Crippen LogP contribution in [-0.4, -0.2) is 37.1 Å². The van der Waals surface area contributed by atoms with Crippen LogP contribution in [0.4, 0.5) is 4.79 Å². The van der Waals surface area contributed by atoms with Crippen LogP contribution in [0.3, 0.4) is 0 Å². The quantitative estimate of drug-likeness (QED) is 0.877. The van der Waals surface area contributed by atoms with Gasteiger partial charge in [-0.1, -0.05) is 29.8 Å². The zero-order chi connectivity index (χ0) is 15.0. The zero-order valence-electron chi connectivity index (χ0n) is 11.7. The van der Waals surface area contributed by atoms with E-state index in [1.54, 1.807) is 24.9 Å². The second-order valence-corrected chi connectivity index (χ2v) is 4.65. The van der Waals surface area contributed by atoms with Crippen molar-refractivity contribution >= 4 is 23.6 Å². The van der Waals surface area contributed by atoms with Crippen LogP contribution >= 0.6 is 11.6 Å². The van der Waals surface area contributed by atoms with Gasteiger partial charge in [-0.25, -0.2) is 4.79 Å². The van der Waals surface area contributed by atoms with Gasteiger partial charge in [-0.3, -0.25) is 4.79 Å². The molecule has 0 bridgehead atoms. The third kappa shape index (κ3) is 5.48. The maximum absolute atomic E-state index is 11.9. The van der Waals surface area contributed by atoms with Gasteiger partial charge in [-0.15, -0.1) is 0 Å². The molecule has 0 aliphatic carbocycles. The van der Waals surface area contributed by atoms with E-state index < -0.39 is 6.09 Å². The lowest BCUT2D eigenvalue weighted by Gasteiger charge is -2.18. The standard InChI is InChI=1S/C14H19ClN2O3/c1-3-20-14(19)16-9-8-13(18)17(2)10-11-6-4-5-7-12(11)15/h4-7H,3,8-10H2,1-2H3,(H,16,19). The molecule has 0 unspecified atom stereocenters. The molecule has 0 aliphatic heterocycles. The number of carbonyl (C=O) groups excluding carboxylic acids is 2. The Hall–Kier alpha value is -1.75. The highest BCUT2D eigenvalue weighted by Gasteiger charge is 2.11. The monoisotopic (exact) mass is 298 g/mol. The Labute approximate surface area is 123 Å². The van der Waals surface area contributed by atoms with E-state index in [0.29, 0.717) is 18.2 Å². The van der Waals surface area contributed by atoms with Crippen LogP contribution in [0, 0.1) is 0 Å². The van der Waals surface area contributed by atoms with Crippen molar-refractivity contribution in [3.05, 3.63) is 34.9 Å². The number of benzene rings is 1. The summed E-state index contributed by atoms with van der Waals surface area (Å²) in [7, 11) is 1.70. The van der Waals surface area contributed by atoms with Crippen LogP contribution in [0.5, 0.6) is 0 Å². The first kappa shape index (κ1) is 16.3. The second kappa shape index (κ2) is 8.43. The summed E-state index contributed by atoms with van der Waals surface area (Å²) in [5.41, 5.74) is 0.892. The molecule has 1 N–H and O–H groups in total. The number of halogens is 1. The number of hydrogen-bond acceptors (Lipinski definition) is 3. The van der Waals surface area contributed by atoms with Crippen molar-refractivity contribution in [1.82, 2.24) is 10.2 Å². The molecule has 0 aliphatic rings. The molecule has 1 aromatic rings. The lowest BCUT2D eigenvalue weighted by Crippen LogP contribution is -2.32. The summed E-state index contributed by atoms with van der Waals surface area (Å²) in [6, 6.07) is 7.39. The van der Waals surface area contributed by atoms with Gasteiger partial charge in [0.05, 0.1) is 6.61 Å². The molecule has 0 saturated carbocycles. The molecule has 0 spiro atoms. The van der Waals surface area contributed by atoms with Gasteiger partial charge in [-0.05, 0) is 18.6 Å². The molecule has 2 amide bonds. The molecule has 0 atom stereocenters. The Bertz CT molecular complexity index is 465. The SMILES string of the molecule is CCOC(=O)NCCC(=O)N(C)Cc1ccccc1Cl. The van der Waals surface area contributed by atoms with Crippen LogP contribution in [0.15, 0.2) is 24.3 Å². The third-order valence-electron chi connectivity index (χ3n) is 2.67. The molecule has 20 heavy (non-hydrogen) atoms. The van der Waals surface area contributed by atoms with E-state index in [2.05, 4.69) is 5.32 Å². The molecule has 110 valence electrons. The number of nitrogens with zero attached hydrogens (tertiary/aromatic N) is 1. The number of alkyl carbamates (subject to hydrolysis) is 1. The van der Waals surface area contributed by atoms with Gasteiger partial charge < -0.3 is 15.0 Å². The first-order valence-electron chi connectivity index (χ1n) is 6.42. The van der Waals surface area contributed by atoms with Gasteiger partial charge in [0, 0.05) is 31.6 Å². The van der Waals surface area contributed by atoms with Gasteiger partial charge in [-0.2, -0.15) is 0 Å². The van der Waals surface area contributed by atoms with Gasteiger partial charge in [0.1, 0.15) is 0 Å². The van der Waals surface area contributed by atoms with E-state index in [1.807, 2.05) is 18.2 Å². The number of rotatable bonds is 6. The van der Waals surface area contributed by atoms with E-state index in [4.69, 9.17) is 16.3 Å². The molecule has 0 fully saturated rings. The highest BCUT2D eigenvalue weighted by Crippen LogP contribution is 2.16. The number of hydrogen-bond donors (Lipinski definition) is 1. The first-order valence-corrected chi connectivity index (χ1v) is 6.80. The highest BCUT2D eigenvalue weighted by atomic mass is 35.5. The average Bonchev–Trinajstić information content (AvgIpc) is 2.41. The molecule has 0 heterocycles. The van der Waals surface area contributed by atoms with Crippen molar-refractivity contribution in [2.75, 3.05) is 20.2 Å². The van der Waals surface area contributed by atoms with Crippen molar-refractivity contribution < 1.29 is 14.3 Å². The molecule has 1 aromatic carbocycles. The summed E-state index contributed by atoms with van der Waals surface area (Å²) < 4.78 is 4.70. The van der Waals surface area contributed by atoms with Crippen LogP contribution in [0.1, 0.15) is 18.9 Å². The van der Waals surface area contributed by atoms with Gasteiger partial charge in [0.25, 0.3) is 0 Å². The van der Waals surface area contributed by atoms with E-state index in [9.17, 15) is 9.59 Å². The van der Waals surface area contributed by atoms with Crippen LogP contribution < -0.4 is 5.32 Å². The molecule has 6 heteroatoms. The Morgan fingerprint density at radius 2 is 2.05 bits per heavy atom. The molecular weight excluding hydrogens is 280 g/mol. The van der Waals surface area contributed by atoms with Crippen LogP contribution in [0.2, 0.25) is 5.02 Å². The van der Waals surface area contributed by atoms with Crippen LogP contribution in [0.25, 0.3) is 0 Å². The fraction of sp³-hybridized carbons (Fsp3) is 0.429. The second-order valence-electron chi connectivity index (χ2n) is 4.24. The minimum atomic E-state index is -0.506. The number of carbonyl (C=O) groups is 2. The first-order chi connectivity index (χ1) is 9.54.